The minimum Gasteiger partial charge on any atom is -0.492 e. The van der Waals surface area contributed by atoms with E-state index in [4.69, 9.17) is 4.74 Å². The van der Waals surface area contributed by atoms with Crippen molar-refractivity contribution in [2.45, 2.75) is 83.8 Å². The van der Waals surface area contributed by atoms with E-state index in [9.17, 15) is 9.59 Å². The highest BCUT2D eigenvalue weighted by Crippen LogP contribution is 2.34. The average molecular weight is 493 g/mol. The zero-order valence-electron chi connectivity index (χ0n) is 21.8. The third-order valence-electron chi connectivity index (χ3n) is 7.49. The highest BCUT2D eigenvalue weighted by atomic mass is 16.5. The summed E-state index contributed by atoms with van der Waals surface area (Å²) in [5.74, 6) is 0.725. The Morgan fingerprint density at radius 3 is 2.22 bits per heavy atom. The van der Waals surface area contributed by atoms with Crippen LogP contribution < -0.4 is 20.7 Å². The van der Waals surface area contributed by atoms with Gasteiger partial charge < -0.3 is 20.7 Å². The van der Waals surface area contributed by atoms with E-state index >= 15 is 0 Å². The van der Waals surface area contributed by atoms with Crippen LogP contribution in [0.5, 0.6) is 5.75 Å². The fourth-order valence-corrected chi connectivity index (χ4v) is 5.80. The number of rotatable bonds is 9. The number of anilines is 2. The molecule has 2 atom stereocenters. The average Bonchev–Trinajstić information content (AvgIpc) is 2.86. The maximum Gasteiger partial charge on any atom is 0.319 e. The van der Waals surface area contributed by atoms with Crippen LogP contribution in [0.4, 0.5) is 16.2 Å². The molecule has 2 unspecified atom stereocenters. The summed E-state index contributed by atoms with van der Waals surface area (Å²) in [6, 6.07) is 14.2. The van der Waals surface area contributed by atoms with Crippen molar-refractivity contribution in [3.63, 3.8) is 0 Å². The molecule has 0 aromatic heterocycles. The van der Waals surface area contributed by atoms with Gasteiger partial charge >= 0.3 is 6.03 Å². The molecule has 194 valence electrons. The minimum absolute atomic E-state index is 0.0548. The molecule has 36 heavy (non-hydrogen) atoms. The maximum absolute atomic E-state index is 13.2. The quantitative estimate of drug-likeness (QED) is 0.440. The lowest BCUT2D eigenvalue weighted by atomic mass is 9.81. The number of carbonyl (C=O) groups excluding carboxylic acids is 2. The molecular weight excluding hydrogens is 452 g/mol. The van der Waals surface area contributed by atoms with Gasteiger partial charge in [0.25, 0.3) is 0 Å². The van der Waals surface area contributed by atoms with Gasteiger partial charge in [0.15, 0.2) is 0 Å². The van der Waals surface area contributed by atoms with E-state index in [2.05, 4.69) is 52.9 Å². The monoisotopic (exact) mass is 492 g/mol. The van der Waals surface area contributed by atoms with Gasteiger partial charge in [-0.1, -0.05) is 50.6 Å². The summed E-state index contributed by atoms with van der Waals surface area (Å²) in [7, 11) is 0. The van der Waals surface area contributed by atoms with Crippen LogP contribution in [-0.4, -0.2) is 48.1 Å². The molecule has 2 bridgehead atoms. The Balaban J connectivity index is 1.35. The molecule has 2 aliphatic rings. The van der Waals surface area contributed by atoms with Crippen molar-refractivity contribution in [2.75, 3.05) is 23.8 Å². The van der Waals surface area contributed by atoms with Crippen LogP contribution in [0.1, 0.15) is 64.0 Å². The number of hydrogen-bond acceptors (Lipinski definition) is 4. The molecule has 2 aliphatic heterocycles. The molecule has 7 nitrogen and oxygen atoms in total. The second kappa shape index (κ2) is 12.3. The number of benzene rings is 2. The van der Waals surface area contributed by atoms with Crippen molar-refractivity contribution in [1.29, 1.82) is 0 Å². The summed E-state index contributed by atoms with van der Waals surface area (Å²) in [6.45, 7) is 7.11. The molecule has 0 spiro atoms. The molecule has 0 saturated carbocycles. The van der Waals surface area contributed by atoms with Crippen molar-refractivity contribution >= 4 is 23.3 Å². The van der Waals surface area contributed by atoms with E-state index in [1.807, 2.05) is 31.2 Å². The number of carbonyl (C=O) groups is 2. The standard InChI is InChI=1S/C29H40N4O3/c1-4-20-11-9-12-21(5-2)28(20)32-27(34)19-33-23-13-10-14-24(33)18-22(17-23)30-29(35)31-25-15-7-8-16-26(25)36-6-3/h7-9,11-12,15-16,22-24H,4-6,10,13-14,17-19H2,1-3H3,(H,32,34)(H2,30,31,35). The van der Waals surface area contributed by atoms with Crippen LogP contribution in [0.25, 0.3) is 0 Å². The van der Waals surface area contributed by atoms with Crippen LogP contribution in [0.15, 0.2) is 42.5 Å². The predicted octanol–water partition coefficient (Wildman–Crippen LogP) is 5.36. The molecule has 2 saturated heterocycles. The third kappa shape index (κ3) is 6.19. The first-order valence-corrected chi connectivity index (χ1v) is 13.5. The van der Waals surface area contributed by atoms with E-state index in [0.717, 1.165) is 44.2 Å². The highest BCUT2D eigenvalue weighted by Gasteiger charge is 2.39. The molecule has 0 aliphatic carbocycles. The molecule has 3 N–H and O–H groups in total. The second-order valence-corrected chi connectivity index (χ2v) is 9.81. The van der Waals surface area contributed by atoms with Crippen LogP contribution >= 0.6 is 0 Å². The summed E-state index contributed by atoms with van der Waals surface area (Å²) in [6.07, 6.45) is 6.79. The molecule has 0 radical (unpaired) electrons. The van der Waals surface area contributed by atoms with Gasteiger partial charge in [-0.3, -0.25) is 9.69 Å². The molecule has 2 fully saturated rings. The number of para-hydroxylation sites is 3. The van der Waals surface area contributed by atoms with Gasteiger partial charge in [-0.2, -0.15) is 0 Å². The van der Waals surface area contributed by atoms with E-state index in [0.29, 0.717) is 36.7 Å². The third-order valence-corrected chi connectivity index (χ3v) is 7.49. The number of ether oxygens (including phenoxy) is 1. The van der Waals surface area contributed by atoms with E-state index in [-0.39, 0.29) is 18.0 Å². The van der Waals surface area contributed by atoms with Crippen LogP contribution in [0, 0.1) is 0 Å². The largest absolute Gasteiger partial charge is 0.492 e. The first-order chi connectivity index (χ1) is 17.5. The molecule has 2 aromatic carbocycles. The number of hydrogen-bond donors (Lipinski definition) is 3. The number of amides is 3. The van der Waals surface area contributed by atoms with Crippen molar-refractivity contribution < 1.29 is 14.3 Å². The van der Waals surface area contributed by atoms with E-state index < -0.39 is 0 Å². The molecule has 3 amide bonds. The van der Waals surface area contributed by atoms with Gasteiger partial charge in [-0.15, -0.1) is 0 Å². The summed E-state index contributed by atoms with van der Waals surface area (Å²) in [5, 5.41) is 9.36. The van der Waals surface area contributed by atoms with Crippen LogP contribution in [0.3, 0.4) is 0 Å². The number of piperidine rings is 2. The van der Waals surface area contributed by atoms with Gasteiger partial charge in [0, 0.05) is 23.8 Å². The van der Waals surface area contributed by atoms with Crippen LogP contribution in [-0.2, 0) is 17.6 Å². The summed E-state index contributed by atoms with van der Waals surface area (Å²) < 4.78 is 5.62. The van der Waals surface area contributed by atoms with Crippen molar-refractivity contribution in [3.05, 3.63) is 53.6 Å². The summed E-state index contributed by atoms with van der Waals surface area (Å²) >= 11 is 0. The number of nitrogens with one attached hydrogen (secondary N) is 3. The highest BCUT2D eigenvalue weighted by molar-refractivity contribution is 5.94. The Hall–Kier alpha value is -3.06. The predicted molar refractivity (Wildman–Crippen MR) is 145 cm³/mol. The lowest BCUT2D eigenvalue weighted by molar-refractivity contribution is -0.120. The lowest BCUT2D eigenvalue weighted by Gasteiger charge is -2.48. The number of urea groups is 1. The normalized spacial score (nSPS) is 21.5. The molecule has 4 rings (SSSR count). The lowest BCUT2D eigenvalue weighted by Crippen LogP contribution is -2.58. The van der Waals surface area contributed by atoms with Crippen LogP contribution in [0.2, 0.25) is 0 Å². The first kappa shape index (κ1) is 26.0. The van der Waals surface area contributed by atoms with E-state index in [1.165, 1.54) is 17.5 Å². The molecule has 7 heteroatoms. The second-order valence-electron chi connectivity index (χ2n) is 9.81. The van der Waals surface area contributed by atoms with Gasteiger partial charge in [0.05, 0.1) is 18.8 Å². The van der Waals surface area contributed by atoms with Gasteiger partial charge in [0.1, 0.15) is 5.75 Å². The number of aryl methyl sites for hydroxylation is 2. The Kier molecular flexibility index (Phi) is 8.86. The fraction of sp³-hybridized carbons (Fsp3) is 0.517. The van der Waals surface area contributed by atoms with Crippen molar-refractivity contribution in [2.24, 2.45) is 0 Å². The Labute approximate surface area is 215 Å². The van der Waals surface area contributed by atoms with Gasteiger partial charge in [-0.05, 0) is 68.7 Å². The minimum atomic E-state index is -0.209. The summed E-state index contributed by atoms with van der Waals surface area (Å²) in [5.41, 5.74) is 4.02. The van der Waals surface area contributed by atoms with Crippen molar-refractivity contribution in [1.82, 2.24) is 10.2 Å². The fourth-order valence-electron chi connectivity index (χ4n) is 5.80. The summed E-state index contributed by atoms with van der Waals surface area (Å²) in [4.78, 5) is 28.3. The SMILES string of the molecule is CCOc1ccccc1NC(=O)NC1CC2CCCC(C1)N2CC(=O)Nc1c(CC)cccc1CC. The van der Waals surface area contributed by atoms with Gasteiger partial charge in [-0.25, -0.2) is 4.79 Å². The molecular formula is C29H40N4O3. The van der Waals surface area contributed by atoms with E-state index in [1.54, 1.807) is 0 Å². The Morgan fingerprint density at radius 1 is 0.917 bits per heavy atom. The van der Waals surface area contributed by atoms with Gasteiger partial charge in [0.2, 0.25) is 5.91 Å². The maximum atomic E-state index is 13.2. The molecule has 2 heterocycles. The number of fused-ring (bicyclic) bond motifs is 2. The smallest absolute Gasteiger partial charge is 0.319 e. The Bertz CT molecular complexity index is 1020. The zero-order valence-corrected chi connectivity index (χ0v) is 21.8. The molecule has 2 aromatic rings. The van der Waals surface area contributed by atoms with Crippen molar-refractivity contribution in [3.8, 4) is 5.75 Å². The first-order valence-electron chi connectivity index (χ1n) is 13.5. The zero-order chi connectivity index (χ0) is 25.5. The Morgan fingerprint density at radius 2 is 1.58 bits per heavy atom. The topological polar surface area (TPSA) is 82.7 Å². The number of nitrogens with zero attached hydrogens (tertiary/aromatic N) is 1.